The van der Waals surface area contributed by atoms with Crippen molar-refractivity contribution in [3.05, 3.63) is 29.8 Å². The summed E-state index contributed by atoms with van der Waals surface area (Å²) in [7, 11) is 0. The van der Waals surface area contributed by atoms with E-state index in [4.69, 9.17) is 17.3 Å². The largest absolute Gasteiger partial charge is 0.508 e. The van der Waals surface area contributed by atoms with Gasteiger partial charge in [-0.15, -0.1) is 0 Å². The third kappa shape index (κ3) is 5.87. The molecule has 0 aliphatic rings. The van der Waals surface area contributed by atoms with E-state index >= 15 is 0 Å². The molecule has 0 unspecified atom stereocenters. The van der Waals surface area contributed by atoms with Crippen molar-refractivity contribution in [2.24, 2.45) is 5.10 Å². The number of hydrogen-bond donors (Lipinski definition) is 3. The van der Waals surface area contributed by atoms with Crippen molar-refractivity contribution >= 4 is 23.5 Å². The zero-order chi connectivity index (χ0) is 12.9. The second kappa shape index (κ2) is 5.63. The van der Waals surface area contributed by atoms with Crippen molar-refractivity contribution in [1.82, 2.24) is 10.7 Å². The van der Waals surface area contributed by atoms with Gasteiger partial charge in [-0.2, -0.15) is 5.10 Å². The SMILES string of the molecule is CC(C)(C)NC(=S)N/N=C/c1ccc(O)cc1. The molecule has 0 atom stereocenters. The van der Waals surface area contributed by atoms with Gasteiger partial charge in [0.25, 0.3) is 0 Å². The van der Waals surface area contributed by atoms with Crippen molar-refractivity contribution in [3.8, 4) is 5.75 Å². The minimum absolute atomic E-state index is 0.0852. The van der Waals surface area contributed by atoms with Crippen LogP contribution in [0, 0.1) is 0 Å². The van der Waals surface area contributed by atoms with Crippen molar-refractivity contribution < 1.29 is 5.11 Å². The molecule has 0 spiro atoms. The highest BCUT2D eigenvalue weighted by atomic mass is 32.1. The molecule has 3 N–H and O–H groups in total. The molecule has 0 aromatic heterocycles. The number of thiocarbonyl (C=S) groups is 1. The molecule has 0 heterocycles. The van der Waals surface area contributed by atoms with Crippen LogP contribution in [0.15, 0.2) is 29.4 Å². The van der Waals surface area contributed by atoms with Crippen LogP contribution in [0.2, 0.25) is 0 Å². The van der Waals surface area contributed by atoms with Crippen LogP contribution in [-0.4, -0.2) is 22.0 Å². The maximum absolute atomic E-state index is 9.11. The van der Waals surface area contributed by atoms with E-state index in [2.05, 4.69) is 15.8 Å². The Morgan fingerprint density at radius 2 is 1.88 bits per heavy atom. The van der Waals surface area contributed by atoms with E-state index in [0.717, 1.165) is 5.56 Å². The topological polar surface area (TPSA) is 56.7 Å². The van der Waals surface area contributed by atoms with Crippen LogP contribution in [0.1, 0.15) is 26.3 Å². The van der Waals surface area contributed by atoms with Gasteiger partial charge in [-0.1, -0.05) is 0 Å². The van der Waals surface area contributed by atoms with Crippen molar-refractivity contribution in [2.45, 2.75) is 26.3 Å². The lowest BCUT2D eigenvalue weighted by Crippen LogP contribution is -2.44. The molecule has 0 bridgehead atoms. The first-order valence-corrected chi connectivity index (χ1v) is 5.68. The van der Waals surface area contributed by atoms with Gasteiger partial charge in [-0.3, -0.25) is 5.43 Å². The molecular weight excluding hydrogens is 234 g/mol. The summed E-state index contributed by atoms with van der Waals surface area (Å²) < 4.78 is 0. The molecule has 0 radical (unpaired) electrons. The monoisotopic (exact) mass is 251 g/mol. The third-order valence-corrected chi connectivity index (χ3v) is 1.95. The summed E-state index contributed by atoms with van der Waals surface area (Å²) in [4.78, 5) is 0. The zero-order valence-corrected chi connectivity index (χ0v) is 11.0. The van der Waals surface area contributed by atoms with Gasteiger partial charge in [0.05, 0.1) is 6.21 Å². The lowest BCUT2D eigenvalue weighted by Gasteiger charge is -2.21. The summed E-state index contributed by atoms with van der Waals surface area (Å²) in [5.74, 6) is 0.236. The molecule has 17 heavy (non-hydrogen) atoms. The Morgan fingerprint density at radius 1 is 1.29 bits per heavy atom. The second-order valence-electron chi connectivity index (χ2n) is 4.67. The molecule has 5 heteroatoms. The van der Waals surface area contributed by atoms with Gasteiger partial charge in [0, 0.05) is 5.54 Å². The fourth-order valence-corrected chi connectivity index (χ4v) is 1.45. The molecule has 1 aromatic carbocycles. The van der Waals surface area contributed by atoms with E-state index in [1.165, 1.54) is 0 Å². The Labute approximate surface area is 107 Å². The minimum Gasteiger partial charge on any atom is -0.508 e. The average Bonchev–Trinajstić information content (AvgIpc) is 2.18. The molecular formula is C12H17N3OS. The van der Waals surface area contributed by atoms with Crippen LogP contribution in [0.3, 0.4) is 0 Å². The fourth-order valence-electron chi connectivity index (χ4n) is 1.09. The Morgan fingerprint density at radius 3 is 2.41 bits per heavy atom. The normalized spacial score (nSPS) is 11.5. The Hall–Kier alpha value is -1.62. The Bertz CT molecular complexity index is 407. The van der Waals surface area contributed by atoms with Crippen LogP contribution < -0.4 is 10.7 Å². The Balaban J connectivity index is 2.45. The van der Waals surface area contributed by atoms with Crippen LogP contribution in [0.5, 0.6) is 5.75 Å². The van der Waals surface area contributed by atoms with E-state index in [0.29, 0.717) is 5.11 Å². The van der Waals surface area contributed by atoms with E-state index < -0.39 is 0 Å². The molecule has 0 amide bonds. The van der Waals surface area contributed by atoms with Crippen LogP contribution >= 0.6 is 12.2 Å². The highest BCUT2D eigenvalue weighted by Gasteiger charge is 2.09. The van der Waals surface area contributed by atoms with Gasteiger partial charge in [-0.05, 0) is 62.8 Å². The van der Waals surface area contributed by atoms with Crippen LogP contribution in [0.4, 0.5) is 0 Å². The Kier molecular flexibility index (Phi) is 4.45. The van der Waals surface area contributed by atoms with Gasteiger partial charge in [-0.25, -0.2) is 0 Å². The number of rotatable bonds is 2. The lowest BCUT2D eigenvalue weighted by atomic mass is 10.1. The number of nitrogens with zero attached hydrogens (tertiary/aromatic N) is 1. The summed E-state index contributed by atoms with van der Waals surface area (Å²) in [6.45, 7) is 6.06. The van der Waals surface area contributed by atoms with Crippen molar-refractivity contribution in [3.63, 3.8) is 0 Å². The number of phenols is 1. The number of nitrogens with one attached hydrogen (secondary N) is 2. The standard InChI is InChI=1S/C12H17N3OS/c1-12(2,3)14-11(17)15-13-8-9-4-6-10(16)7-5-9/h4-8,16H,1-3H3,(H2,14,15,17)/b13-8+. The molecule has 0 aliphatic carbocycles. The maximum atomic E-state index is 9.11. The first-order valence-electron chi connectivity index (χ1n) is 5.27. The van der Waals surface area contributed by atoms with Gasteiger partial charge < -0.3 is 10.4 Å². The van der Waals surface area contributed by atoms with E-state index in [9.17, 15) is 0 Å². The highest BCUT2D eigenvalue weighted by Crippen LogP contribution is 2.07. The van der Waals surface area contributed by atoms with Gasteiger partial charge >= 0.3 is 0 Å². The molecule has 0 fully saturated rings. The maximum Gasteiger partial charge on any atom is 0.187 e. The number of hydrogen-bond acceptors (Lipinski definition) is 3. The second-order valence-corrected chi connectivity index (χ2v) is 5.07. The van der Waals surface area contributed by atoms with Crippen molar-refractivity contribution in [2.75, 3.05) is 0 Å². The molecule has 1 aromatic rings. The molecule has 92 valence electrons. The number of aromatic hydroxyl groups is 1. The van der Waals surface area contributed by atoms with E-state index in [-0.39, 0.29) is 11.3 Å². The summed E-state index contributed by atoms with van der Waals surface area (Å²) >= 11 is 5.06. The molecule has 0 saturated heterocycles. The third-order valence-electron chi connectivity index (χ3n) is 1.76. The molecule has 0 aliphatic heterocycles. The van der Waals surface area contributed by atoms with E-state index in [1.54, 1.807) is 30.5 Å². The number of hydrazone groups is 1. The first kappa shape index (κ1) is 13.4. The van der Waals surface area contributed by atoms with Gasteiger partial charge in [0.1, 0.15) is 5.75 Å². The smallest absolute Gasteiger partial charge is 0.187 e. The minimum atomic E-state index is -0.0852. The predicted molar refractivity (Wildman–Crippen MR) is 74.3 cm³/mol. The molecule has 4 nitrogen and oxygen atoms in total. The zero-order valence-electron chi connectivity index (χ0n) is 10.2. The molecule has 1 rings (SSSR count). The van der Waals surface area contributed by atoms with Gasteiger partial charge in [0.15, 0.2) is 5.11 Å². The van der Waals surface area contributed by atoms with Gasteiger partial charge in [0.2, 0.25) is 0 Å². The predicted octanol–water partition coefficient (Wildman–Crippen LogP) is 1.99. The van der Waals surface area contributed by atoms with Crippen LogP contribution in [-0.2, 0) is 0 Å². The lowest BCUT2D eigenvalue weighted by molar-refractivity contribution is 0.475. The van der Waals surface area contributed by atoms with E-state index in [1.807, 2.05) is 20.8 Å². The fraction of sp³-hybridized carbons (Fsp3) is 0.333. The number of phenolic OH excluding ortho intramolecular Hbond substituents is 1. The molecule has 0 saturated carbocycles. The summed E-state index contributed by atoms with van der Waals surface area (Å²) in [5.41, 5.74) is 3.53. The quantitative estimate of drug-likeness (QED) is 0.427. The van der Waals surface area contributed by atoms with Crippen molar-refractivity contribution in [1.29, 1.82) is 0 Å². The summed E-state index contributed by atoms with van der Waals surface area (Å²) in [5, 5.41) is 16.7. The first-order chi connectivity index (χ1) is 7.87. The highest BCUT2D eigenvalue weighted by molar-refractivity contribution is 7.80. The number of benzene rings is 1. The average molecular weight is 251 g/mol. The summed E-state index contributed by atoms with van der Waals surface area (Å²) in [6.07, 6.45) is 1.64. The van der Waals surface area contributed by atoms with Crippen LogP contribution in [0.25, 0.3) is 0 Å². The summed E-state index contributed by atoms with van der Waals surface area (Å²) in [6, 6.07) is 6.74.